The van der Waals surface area contributed by atoms with Crippen molar-refractivity contribution < 1.29 is 28.8 Å². The molecule has 0 radical (unpaired) electrons. The van der Waals surface area contributed by atoms with E-state index in [2.05, 4.69) is 21.2 Å². The summed E-state index contributed by atoms with van der Waals surface area (Å²) in [4.78, 5) is 4.64. The van der Waals surface area contributed by atoms with Gasteiger partial charge in [0.2, 0.25) is 6.79 Å². The largest absolute Gasteiger partial charge is 0.495 e. The molecule has 4 heterocycles. The minimum Gasteiger partial charge on any atom is -0.495 e. The highest BCUT2D eigenvalue weighted by molar-refractivity contribution is 5.58. The first-order valence-corrected chi connectivity index (χ1v) is 11.9. The molecule has 9 heteroatoms. The minimum atomic E-state index is -0.599. The van der Waals surface area contributed by atoms with Gasteiger partial charge < -0.3 is 39.0 Å². The summed E-state index contributed by atoms with van der Waals surface area (Å²) in [5.74, 6) is 2.41. The number of piperazine rings is 1. The van der Waals surface area contributed by atoms with Crippen molar-refractivity contribution in [1.82, 2.24) is 10.2 Å². The Morgan fingerprint density at radius 2 is 1.88 bits per heavy atom. The van der Waals surface area contributed by atoms with Crippen molar-refractivity contribution in [2.45, 2.75) is 37.1 Å². The van der Waals surface area contributed by atoms with Crippen LogP contribution in [0.25, 0.3) is 0 Å². The van der Waals surface area contributed by atoms with Crippen molar-refractivity contribution in [3.63, 3.8) is 0 Å². The van der Waals surface area contributed by atoms with Crippen molar-refractivity contribution >= 4 is 5.69 Å². The molecule has 4 aliphatic rings. The van der Waals surface area contributed by atoms with Gasteiger partial charge in [-0.3, -0.25) is 4.90 Å². The van der Waals surface area contributed by atoms with E-state index in [9.17, 15) is 5.11 Å². The molecule has 3 saturated heterocycles. The third-order valence-corrected chi connectivity index (χ3v) is 7.27. The van der Waals surface area contributed by atoms with E-state index in [1.54, 1.807) is 7.11 Å². The Labute approximate surface area is 199 Å². The lowest BCUT2D eigenvalue weighted by Crippen LogP contribution is -2.66. The predicted octanol–water partition coefficient (Wildman–Crippen LogP) is 1.19. The molecule has 2 aromatic carbocycles. The van der Waals surface area contributed by atoms with Crippen molar-refractivity contribution in [2.75, 3.05) is 51.6 Å². The summed E-state index contributed by atoms with van der Waals surface area (Å²) < 4.78 is 28.6. The zero-order chi connectivity index (χ0) is 23.1. The van der Waals surface area contributed by atoms with Gasteiger partial charge in [-0.15, -0.1) is 0 Å². The first kappa shape index (κ1) is 21.9. The second-order valence-electron chi connectivity index (χ2n) is 9.15. The maximum absolute atomic E-state index is 11.4. The number of para-hydroxylation sites is 2. The van der Waals surface area contributed by atoms with Gasteiger partial charge >= 0.3 is 0 Å². The lowest BCUT2D eigenvalue weighted by atomic mass is 9.94. The van der Waals surface area contributed by atoms with E-state index in [-0.39, 0.29) is 25.0 Å². The molecular formula is C25H31N3O6. The van der Waals surface area contributed by atoms with Crippen LogP contribution in [-0.4, -0.2) is 87.3 Å². The number of rotatable bonds is 6. The zero-order valence-corrected chi connectivity index (χ0v) is 19.3. The molecule has 182 valence electrons. The third-order valence-electron chi connectivity index (χ3n) is 7.27. The van der Waals surface area contributed by atoms with E-state index in [4.69, 9.17) is 23.7 Å². The molecule has 2 aromatic rings. The number of hydrogen-bond donors (Lipinski definition) is 2. The van der Waals surface area contributed by atoms with Gasteiger partial charge in [0.1, 0.15) is 11.9 Å². The molecule has 0 aromatic heterocycles. The van der Waals surface area contributed by atoms with Crippen molar-refractivity contribution in [2.24, 2.45) is 0 Å². The second kappa shape index (κ2) is 9.24. The maximum Gasteiger partial charge on any atom is 0.231 e. The number of benzene rings is 2. The maximum atomic E-state index is 11.4. The van der Waals surface area contributed by atoms with Crippen LogP contribution in [0.15, 0.2) is 42.5 Å². The van der Waals surface area contributed by atoms with Crippen LogP contribution in [0.4, 0.5) is 5.69 Å². The van der Waals surface area contributed by atoms with E-state index in [0.717, 1.165) is 54.7 Å². The summed E-state index contributed by atoms with van der Waals surface area (Å²) in [5.41, 5.74) is 2.17. The van der Waals surface area contributed by atoms with Gasteiger partial charge in [-0.1, -0.05) is 18.2 Å². The molecule has 9 nitrogen and oxygen atoms in total. The van der Waals surface area contributed by atoms with Gasteiger partial charge in [-0.2, -0.15) is 0 Å². The van der Waals surface area contributed by atoms with E-state index in [1.807, 2.05) is 36.4 Å². The Morgan fingerprint density at radius 3 is 2.74 bits per heavy atom. The summed E-state index contributed by atoms with van der Waals surface area (Å²) in [6.45, 7) is 4.64. The summed E-state index contributed by atoms with van der Waals surface area (Å²) in [6, 6.07) is 13.6. The monoisotopic (exact) mass is 469 g/mol. The molecule has 3 fully saturated rings. The fourth-order valence-electron chi connectivity index (χ4n) is 5.48. The van der Waals surface area contributed by atoms with Gasteiger partial charge in [0, 0.05) is 32.7 Å². The molecule has 5 atom stereocenters. The number of hydrogen-bond acceptors (Lipinski definition) is 9. The van der Waals surface area contributed by atoms with Gasteiger partial charge in [-0.05, 0) is 29.8 Å². The first-order valence-electron chi connectivity index (χ1n) is 11.9. The Bertz CT molecular complexity index is 1010. The standard InChI is InChI=1S/C25H31N3O6/c1-30-18-5-3-2-4-17(18)27-8-10-28(11-9-27)23-24(29)22(21-14-31-25(23)34-21)26-13-16-6-7-19-20(12-16)33-15-32-19/h2-7,12,21-26,29H,8-11,13-15H2,1H3/t21-,22-,23-,24+,25-/m1/s1. The number of ether oxygens (including phenoxy) is 5. The predicted molar refractivity (Wildman–Crippen MR) is 124 cm³/mol. The molecule has 34 heavy (non-hydrogen) atoms. The van der Waals surface area contributed by atoms with Crippen LogP contribution < -0.4 is 24.4 Å². The van der Waals surface area contributed by atoms with E-state index < -0.39 is 12.4 Å². The van der Waals surface area contributed by atoms with Gasteiger partial charge in [0.05, 0.1) is 37.6 Å². The number of nitrogens with zero attached hydrogens (tertiary/aromatic N) is 2. The Hall–Kier alpha value is -2.56. The zero-order valence-electron chi connectivity index (χ0n) is 19.3. The second-order valence-corrected chi connectivity index (χ2v) is 9.15. The van der Waals surface area contributed by atoms with Crippen LogP contribution in [-0.2, 0) is 16.0 Å². The number of anilines is 1. The SMILES string of the molecule is COc1ccccc1N1CCN([C@H]2[C@@H]3OC[C@@H](O3)[C@@H](NCc3ccc4c(c3)OCO4)[C@@H]2O)CC1. The van der Waals surface area contributed by atoms with Crippen molar-refractivity contribution in [3.05, 3.63) is 48.0 Å². The number of fused-ring (bicyclic) bond motifs is 3. The Kier molecular flexibility index (Phi) is 5.96. The molecule has 0 aliphatic carbocycles. The number of aliphatic hydroxyl groups is 1. The highest BCUT2D eigenvalue weighted by atomic mass is 16.7. The van der Waals surface area contributed by atoms with Crippen LogP contribution in [0.2, 0.25) is 0 Å². The summed E-state index contributed by atoms with van der Waals surface area (Å²) in [5, 5.41) is 14.9. The molecule has 6 rings (SSSR count). The lowest BCUT2D eigenvalue weighted by molar-refractivity contribution is -0.183. The van der Waals surface area contributed by atoms with Crippen LogP contribution >= 0.6 is 0 Å². The van der Waals surface area contributed by atoms with Crippen LogP contribution in [0, 0.1) is 0 Å². The summed E-state index contributed by atoms with van der Waals surface area (Å²) in [7, 11) is 1.70. The fraction of sp³-hybridized carbons (Fsp3) is 0.520. The van der Waals surface area contributed by atoms with Gasteiger partial charge in [-0.25, -0.2) is 0 Å². The highest BCUT2D eigenvalue weighted by Crippen LogP contribution is 2.35. The minimum absolute atomic E-state index is 0.167. The smallest absolute Gasteiger partial charge is 0.231 e. The molecule has 0 saturated carbocycles. The Morgan fingerprint density at radius 1 is 1.06 bits per heavy atom. The van der Waals surface area contributed by atoms with E-state index >= 15 is 0 Å². The Balaban J connectivity index is 1.11. The van der Waals surface area contributed by atoms with Crippen LogP contribution in [0.5, 0.6) is 17.2 Å². The van der Waals surface area contributed by atoms with E-state index in [0.29, 0.717) is 13.2 Å². The first-order chi connectivity index (χ1) is 16.7. The molecule has 0 spiro atoms. The highest BCUT2D eigenvalue weighted by Gasteiger charge is 2.52. The van der Waals surface area contributed by atoms with Crippen molar-refractivity contribution in [3.8, 4) is 17.2 Å². The third kappa shape index (κ3) is 3.97. The van der Waals surface area contributed by atoms with Crippen LogP contribution in [0.1, 0.15) is 5.56 Å². The average molecular weight is 470 g/mol. The number of nitrogens with one attached hydrogen (secondary N) is 1. The molecular weight excluding hydrogens is 438 g/mol. The van der Waals surface area contributed by atoms with Crippen molar-refractivity contribution in [1.29, 1.82) is 0 Å². The summed E-state index contributed by atoms with van der Waals surface area (Å²) in [6.07, 6.45) is -1.17. The number of aliphatic hydroxyl groups excluding tert-OH is 1. The van der Waals surface area contributed by atoms with Gasteiger partial charge in [0.25, 0.3) is 0 Å². The fourth-order valence-corrected chi connectivity index (χ4v) is 5.48. The molecule has 2 bridgehead atoms. The summed E-state index contributed by atoms with van der Waals surface area (Å²) >= 11 is 0. The molecule has 0 unspecified atom stereocenters. The topological polar surface area (TPSA) is 84.9 Å². The average Bonchev–Trinajstić information content (AvgIpc) is 3.52. The molecule has 0 amide bonds. The van der Waals surface area contributed by atoms with E-state index in [1.165, 1.54) is 0 Å². The molecule has 4 aliphatic heterocycles. The lowest BCUT2D eigenvalue weighted by Gasteiger charge is -2.47. The van der Waals surface area contributed by atoms with Crippen LogP contribution in [0.3, 0.4) is 0 Å². The quantitative estimate of drug-likeness (QED) is 0.648. The number of methoxy groups -OCH3 is 1. The normalized spacial score (nSPS) is 30.5. The molecule has 2 N–H and O–H groups in total. The van der Waals surface area contributed by atoms with Gasteiger partial charge in [0.15, 0.2) is 17.8 Å².